The van der Waals surface area contributed by atoms with Crippen LogP contribution in [0.25, 0.3) is 0 Å². The molecule has 0 aliphatic rings. The average molecular weight is 416 g/mol. The summed E-state index contributed by atoms with van der Waals surface area (Å²) in [6.45, 7) is 1.88. The molecule has 0 aromatic heterocycles. The predicted molar refractivity (Wildman–Crippen MR) is 109 cm³/mol. The highest BCUT2D eigenvalue weighted by atomic mass is 35.5. The molecular weight excluding hydrogens is 396 g/mol. The Balaban J connectivity index is 1.71. The van der Waals surface area contributed by atoms with Crippen molar-refractivity contribution in [1.82, 2.24) is 5.32 Å². The van der Waals surface area contributed by atoms with E-state index in [1.807, 2.05) is 37.3 Å². The second-order valence-corrected chi connectivity index (χ2v) is 6.98. The second-order valence-electron chi connectivity index (χ2n) is 6.54. The topological polar surface area (TPSA) is 38.3 Å². The van der Waals surface area contributed by atoms with Gasteiger partial charge in [-0.2, -0.15) is 0 Å². The summed E-state index contributed by atoms with van der Waals surface area (Å²) in [5.74, 6) is -1.31. The van der Waals surface area contributed by atoms with Gasteiger partial charge in [-0.05, 0) is 42.8 Å². The van der Waals surface area contributed by atoms with Crippen molar-refractivity contribution >= 4 is 17.5 Å². The summed E-state index contributed by atoms with van der Waals surface area (Å²) >= 11 is 6.05. The van der Waals surface area contributed by atoms with Crippen LogP contribution >= 0.6 is 11.6 Å². The minimum Gasteiger partial charge on any atom is -0.492 e. The van der Waals surface area contributed by atoms with Crippen molar-refractivity contribution in [3.8, 4) is 5.75 Å². The third kappa shape index (κ3) is 5.33. The van der Waals surface area contributed by atoms with Gasteiger partial charge in [0.15, 0.2) is 0 Å². The molecule has 1 amide bonds. The SMILES string of the molecule is C[C@H](NC(=O)c1cc(Cl)ccc1OCCc1c(F)cccc1F)c1ccccc1. The van der Waals surface area contributed by atoms with Gasteiger partial charge in [-0.25, -0.2) is 8.78 Å². The number of benzene rings is 3. The fourth-order valence-corrected chi connectivity index (χ4v) is 3.11. The standard InChI is InChI=1S/C23H20ClF2NO2/c1-15(16-6-3-2-4-7-16)27-23(28)19-14-17(24)10-11-22(19)29-13-12-18-20(25)8-5-9-21(18)26/h2-11,14-15H,12-13H2,1H3,(H,27,28)/t15-/m0/s1. The van der Waals surface area contributed by atoms with E-state index in [1.54, 1.807) is 12.1 Å². The molecule has 3 nitrogen and oxygen atoms in total. The van der Waals surface area contributed by atoms with Crippen molar-refractivity contribution in [2.45, 2.75) is 19.4 Å². The van der Waals surface area contributed by atoms with Crippen molar-refractivity contribution in [2.75, 3.05) is 6.61 Å². The van der Waals surface area contributed by atoms with E-state index in [4.69, 9.17) is 16.3 Å². The van der Waals surface area contributed by atoms with Crippen LogP contribution in [-0.4, -0.2) is 12.5 Å². The van der Waals surface area contributed by atoms with Crippen molar-refractivity contribution in [3.63, 3.8) is 0 Å². The molecule has 0 heterocycles. The molecular formula is C23H20ClF2NO2. The molecule has 6 heteroatoms. The van der Waals surface area contributed by atoms with E-state index in [-0.39, 0.29) is 36.1 Å². The van der Waals surface area contributed by atoms with Crippen molar-refractivity contribution in [1.29, 1.82) is 0 Å². The van der Waals surface area contributed by atoms with Crippen LogP contribution in [0.5, 0.6) is 5.75 Å². The first-order valence-corrected chi connectivity index (χ1v) is 9.54. The summed E-state index contributed by atoms with van der Waals surface area (Å²) in [6, 6.07) is 17.7. The molecule has 0 radical (unpaired) electrons. The monoisotopic (exact) mass is 415 g/mol. The molecule has 0 bridgehead atoms. The predicted octanol–water partition coefficient (Wildman–Crippen LogP) is 5.73. The largest absolute Gasteiger partial charge is 0.492 e. The maximum Gasteiger partial charge on any atom is 0.255 e. The Morgan fingerprint density at radius 3 is 2.41 bits per heavy atom. The van der Waals surface area contributed by atoms with E-state index < -0.39 is 11.6 Å². The molecule has 0 spiro atoms. The molecule has 0 unspecified atom stereocenters. The Bertz CT molecular complexity index is 975. The van der Waals surface area contributed by atoms with E-state index >= 15 is 0 Å². The number of hydrogen-bond acceptors (Lipinski definition) is 2. The maximum atomic E-state index is 13.8. The van der Waals surface area contributed by atoms with Crippen LogP contribution in [0.2, 0.25) is 5.02 Å². The first kappa shape index (κ1) is 20.8. The Morgan fingerprint density at radius 1 is 1.03 bits per heavy atom. The highest BCUT2D eigenvalue weighted by Gasteiger charge is 2.17. The molecule has 1 atom stereocenters. The number of amides is 1. The molecule has 3 rings (SSSR count). The van der Waals surface area contributed by atoms with Gasteiger partial charge in [0.25, 0.3) is 5.91 Å². The van der Waals surface area contributed by atoms with Gasteiger partial charge in [0, 0.05) is 17.0 Å². The zero-order valence-corrected chi connectivity index (χ0v) is 16.5. The van der Waals surface area contributed by atoms with Gasteiger partial charge in [-0.1, -0.05) is 48.0 Å². The quantitative estimate of drug-likeness (QED) is 0.535. The third-order valence-electron chi connectivity index (χ3n) is 4.50. The number of carbonyl (C=O) groups excluding carboxylic acids is 1. The highest BCUT2D eigenvalue weighted by molar-refractivity contribution is 6.31. The fraction of sp³-hybridized carbons (Fsp3) is 0.174. The first-order chi connectivity index (χ1) is 14.0. The third-order valence-corrected chi connectivity index (χ3v) is 4.74. The van der Waals surface area contributed by atoms with Gasteiger partial charge in [-0.3, -0.25) is 4.79 Å². The van der Waals surface area contributed by atoms with Crippen molar-refractivity contribution in [2.24, 2.45) is 0 Å². The van der Waals surface area contributed by atoms with Gasteiger partial charge in [-0.15, -0.1) is 0 Å². The van der Waals surface area contributed by atoms with E-state index in [9.17, 15) is 13.6 Å². The van der Waals surface area contributed by atoms with Crippen LogP contribution in [0, 0.1) is 11.6 Å². The number of nitrogens with one attached hydrogen (secondary N) is 1. The summed E-state index contributed by atoms with van der Waals surface area (Å²) in [5, 5.41) is 3.29. The maximum absolute atomic E-state index is 13.8. The molecule has 0 aliphatic heterocycles. The van der Waals surface area contributed by atoms with Crippen molar-refractivity contribution in [3.05, 3.63) is 100 Å². The summed E-state index contributed by atoms with van der Waals surface area (Å²) in [5.41, 5.74) is 1.17. The van der Waals surface area contributed by atoms with E-state index in [0.717, 1.165) is 5.56 Å². The van der Waals surface area contributed by atoms with Gasteiger partial charge in [0.1, 0.15) is 17.4 Å². The number of carbonyl (C=O) groups is 1. The molecule has 0 aliphatic carbocycles. The van der Waals surface area contributed by atoms with Crippen LogP contribution in [-0.2, 0) is 6.42 Å². The Kier molecular flexibility index (Phi) is 6.83. The molecule has 0 saturated heterocycles. The molecule has 3 aromatic carbocycles. The Hall–Kier alpha value is -2.92. The molecule has 29 heavy (non-hydrogen) atoms. The lowest BCUT2D eigenvalue weighted by molar-refractivity contribution is 0.0936. The molecule has 0 fully saturated rings. The van der Waals surface area contributed by atoms with Gasteiger partial charge >= 0.3 is 0 Å². The lowest BCUT2D eigenvalue weighted by Gasteiger charge is -2.17. The summed E-state index contributed by atoms with van der Waals surface area (Å²) in [6.07, 6.45) is 0.0304. The summed E-state index contributed by atoms with van der Waals surface area (Å²) < 4.78 is 33.2. The van der Waals surface area contributed by atoms with Gasteiger partial charge < -0.3 is 10.1 Å². The lowest BCUT2D eigenvalue weighted by atomic mass is 10.1. The zero-order chi connectivity index (χ0) is 20.8. The number of ether oxygens (including phenoxy) is 1. The van der Waals surface area contributed by atoms with E-state index in [1.165, 1.54) is 24.3 Å². The molecule has 3 aromatic rings. The van der Waals surface area contributed by atoms with Crippen LogP contribution < -0.4 is 10.1 Å². The Labute approximate surface area is 173 Å². The minimum atomic E-state index is -0.626. The van der Waals surface area contributed by atoms with Crippen LogP contribution in [0.15, 0.2) is 66.7 Å². The van der Waals surface area contributed by atoms with Gasteiger partial charge in [0.05, 0.1) is 18.2 Å². The fourth-order valence-electron chi connectivity index (χ4n) is 2.94. The summed E-state index contributed by atoms with van der Waals surface area (Å²) in [4.78, 5) is 12.8. The van der Waals surface area contributed by atoms with Gasteiger partial charge in [0.2, 0.25) is 0 Å². The van der Waals surface area contributed by atoms with E-state index in [0.29, 0.717) is 10.8 Å². The smallest absolute Gasteiger partial charge is 0.255 e. The number of rotatable bonds is 7. The first-order valence-electron chi connectivity index (χ1n) is 9.16. The minimum absolute atomic E-state index is 0.00794. The van der Waals surface area contributed by atoms with Crippen LogP contribution in [0.1, 0.15) is 34.5 Å². The second kappa shape index (κ2) is 9.52. The van der Waals surface area contributed by atoms with Crippen LogP contribution in [0.4, 0.5) is 8.78 Å². The lowest BCUT2D eigenvalue weighted by Crippen LogP contribution is -2.27. The molecule has 150 valence electrons. The summed E-state index contributed by atoms with van der Waals surface area (Å²) in [7, 11) is 0. The van der Waals surface area contributed by atoms with E-state index in [2.05, 4.69) is 5.32 Å². The number of halogens is 3. The molecule has 1 N–H and O–H groups in total. The van der Waals surface area contributed by atoms with Crippen molar-refractivity contribution < 1.29 is 18.3 Å². The van der Waals surface area contributed by atoms with Crippen LogP contribution in [0.3, 0.4) is 0 Å². The normalized spacial score (nSPS) is 11.7. The number of hydrogen-bond donors (Lipinski definition) is 1. The zero-order valence-electron chi connectivity index (χ0n) is 15.8. The Morgan fingerprint density at radius 2 is 1.72 bits per heavy atom. The molecule has 0 saturated carbocycles. The highest BCUT2D eigenvalue weighted by Crippen LogP contribution is 2.25. The average Bonchev–Trinajstić information content (AvgIpc) is 2.71.